The van der Waals surface area contributed by atoms with Gasteiger partial charge >= 0.3 is 0 Å². The Morgan fingerprint density at radius 1 is 0.733 bits per heavy atom. The molecular formula is C32H31BrFN7O2S2. The fraction of sp³-hybridized carbons (Fsp3) is 0.156. The van der Waals surface area contributed by atoms with Gasteiger partial charge in [-0.15, -0.1) is 11.8 Å². The topological polar surface area (TPSA) is 114 Å². The summed E-state index contributed by atoms with van der Waals surface area (Å²) >= 11 is 6.57. The number of aromatic amines is 2. The number of hydrogen-bond donors (Lipinski definition) is 2. The highest BCUT2D eigenvalue weighted by Crippen LogP contribution is 2.21. The van der Waals surface area contributed by atoms with Crippen LogP contribution in [0.1, 0.15) is 30.8 Å². The lowest BCUT2D eigenvalue weighted by molar-refractivity contribution is 0.627. The van der Waals surface area contributed by atoms with E-state index >= 15 is 0 Å². The molecule has 0 atom stereocenters. The molecule has 0 fully saturated rings. The van der Waals surface area contributed by atoms with Gasteiger partial charge in [0.05, 0.1) is 5.03 Å². The minimum Gasteiger partial charge on any atom is -0.293 e. The van der Waals surface area contributed by atoms with E-state index in [1.54, 1.807) is 84.6 Å². The van der Waals surface area contributed by atoms with E-state index in [9.17, 15) is 14.0 Å². The van der Waals surface area contributed by atoms with Gasteiger partial charge in [0.15, 0.2) is 11.6 Å². The Labute approximate surface area is 276 Å². The van der Waals surface area contributed by atoms with Crippen LogP contribution in [0.3, 0.4) is 0 Å². The van der Waals surface area contributed by atoms with Crippen LogP contribution in [0.2, 0.25) is 0 Å². The van der Waals surface area contributed by atoms with Gasteiger partial charge in [-0.1, -0.05) is 38.1 Å². The van der Waals surface area contributed by atoms with E-state index in [4.69, 9.17) is 0 Å². The van der Waals surface area contributed by atoms with Gasteiger partial charge < -0.3 is 0 Å². The Hall–Kier alpha value is -4.20. The Balaban J connectivity index is 0.000000194. The van der Waals surface area contributed by atoms with Crippen LogP contribution in [0.25, 0.3) is 11.6 Å². The molecule has 232 valence electrons. The molecule has 0 saturated carbocycles. The number of benzene rings is 1. The fourth-order valence-corrected chi connectivity index (χ4v) is 5.68. The maximum atomic E-state index is 12.8. The van der Waals surface area contributed by atoms with Crippen LogP contribution in [-0.2, 0) is 17.3 Å². The number of halogens is 2. The van der Waals surface area contributed by atoms with Crippen LogP contribution >= 0.6 is 39.5 Å². The third-order valence-corrected chi connectivity index (χ3v) is 8.33. The molecule has 0 aliphatic carbocycles. The Morgan fingerprint density at radius 3 is 1.82 bits per heavy atom. The molecule has 9 nitrogen and oxygen atoms in total. The van der Waals surface area contributed by atoms with Gasteiger partial charge in [0, 0.05) is 63.8 Å². The molecule has 1 aromatic carbocycles. The van der Waals surface area contributed by atoms with Crippen molar-refractivity contribution in [3.63, 3.8) is 0 Å². The lowest BCUT2D eigenvalue weighted by Gasteiger charge is -2.02. The molecule has 13 heteroatoms. The summed E-state index contributed by atoms with van der Waals surface area (Å²) in [6.45, 7) is 4.00. The van der Waals surface area contributed by atoms with Gasteiger partial charge in [-0.3, -0.25) is 19.8 Å². The van der Waals surface area contributed by atoms with Crippen LogP contribution in [0.15, 0.2) is 123 Å². The summed E-state index contributed by atoms with van der Waals surface area (Å²) in [6, 6.07) is 24.3. The van der Waals surface area contributed by atoms with E-state index in [-0.39, 0.29) is 16.9 Å². The second-order valence-electron chi connectivity index (χ2n) is 9.01. The highest BCUT2D eigenvalue weighted by Gasteiger charge is 2.08. The van der Waals surface area contributed by atoms with Crippen LogP contribution in [0.5, 0.6) is 0 Å². The summed E-state index contributed by atoms with van der Waals surface area (Å²) < 4.78 is 16.6. The molecule has 45 heavy (non-hydrogen) atoms. The predicted octanol–water partition coefficient (Wildman–Crippen LogP) is 7.17. The summed E-state index contributed by atoms with van der Waals surface area (Å²) in [7, 11) is 0. The van der Waals surface area contributed by atoms with Crippen molar-refractivity contribution in [2.24, 2.45) is 0 Å². The number of H-pyrrole nitrogens is 2. The van der Waals surface area contributed by atoms with E-state index in [1.807, 2.05) is 44.2 Å². The molecule has 2 N–H and O–H groups in total. The van der Waals surface area contributed by atoms with Crippen molar-refractivity contribution in [2.45, 2.75) is 36.1 Å². The number of nitrogens with zero attached hydrogens (tertiary/aromatic N) is 5. The van der Waals surface area contributed by atoms with E-state index in [0.717, 1.165) is 32.2 Å². The molecule has 0 saturated heterocycles. The van der Waals surface area contributed by atoms with Gasteiger partial charge in [0.25, 0.3) is 11.1 Å². The second-order valence-corrected chi connectivity index (χ2v) is 11.9. The maximum Gasteiger partial charge on any atom is 0.272 e. The van der Waals surface area contributed by atoms with E-state index < -0.39 is 0 Å². The van der Waals surface area contributed by atoms with Gasteiger partial charge in [-0.2, -0.15) is 11.8 Å². The lowest BCUT2D eigenvalue weighted by Crippen LogP contribution is -2.14. The molecular weight excluding hydrogens is 677 g/mol. The molecule has 0 amide bonds. The van der Waals surface area contributed by atoms with Crippen LogP contribution in [0.4, 0.5) is 4.39 Å². The first kappa shape index (κ1) is 33.7. The molecule has 0 spiro atoms. The minimum atomic E-state index is -0.231. The Morgan fingerprint density at radius 2 is 1.31 bits per heavy atom. The molecule has 0 aliphatic heterocycles. The highest BCUT2D eigenvalue weighted by atomic mass is 79.9. The second kappa shape index (κ2) is 17.3. The molecule has 5 aromatic heterocycles. The smallest absolute Gasteiger partial charge is 0.272 e. The van der Waals surface area contributed by atoms with Gasteiger partial charge in [0.2, 0.25) is 0 Å². The number of nitrogens with one attached hydrogen (secondary N) is 2. The SMILES string of the molecule is CC.O=c1cc(CSCc2ccc(F)cc2)[nH]n1-c1ccccn1.O=c1cc(CSc2ccc(Br)cn2)[nH]n1-c1ccccn1. The molecule has 0 unspecified atom stereocenters. The van der Waals surface area contributed by atoms with Gasteiger partial charge in [-0.25, -0.2) is 28.7 Å². The zero-order valence-electron chi connectivity index (χ0n) is 24.6. The Bertz CT molecular complexity index is 1860. The third-order valence-electron chi connectivity index (χ3n) is 5.82. The summed E-state index contributed by atoms with van der Waals surface area (Å²) in [4.78, 5) is 36.5. The first-order valence-corrected chi connectivity index (χ1v) is 16.9. The first-order valence-electron chi connectivity index (χ1n) is 14.0. The van der Waals surface area contributed by atoms with Crippen molar-refractivity contribution in [3.05, 3.63) is 151 Å². The summed E-state index contributed by atoms with van der Waals surface area (Å²) in [6.07, 6.45) is 5.05. The van der Waals surface area contributed by atoms with Crippen molar-refractivity contribution < 1.29 is 4.39 Å². The number of pyridine rings is 3. The van der Waals surface area contributed by atoms with E-state index in [0.29, 0.717) is 23.1 Å². The van der Waals surface area contributed by atoms with Crippen molar-refractivity contribution in [3.8, 4) is 11.6 Å². The first-order chi connectivity index (χ1) is 21.9. The summed E-state index contributed by atoms with van der Waals surface area (Å²) in [5.74, 6) is 3.00. The number of aromatic nitrogens is 7. The third kappa shape index (κ3) is 10.2. The summed E-state index contributed by atoms with van der Waals surface area (Å²) in [5, 5.41) is 7.02. The van der Waals surface area contributed by atoms with Crippen molar-refractivity contribution >= 4 is 39.5 Å². The highest BCUT2D eigenvalue weighted by molar-refractivity contribution is 9.10. The summed E-state index contributed by atoms with van der Waals surface area (Å²) in [5.41, 5.74) is 2.48. The van der Waals surface area contributed by atoms with Gasteiger partial charge in [-0.05, 0) is 70.0 Å². The minimum absolute atomic E-state index is 0.118. The van der Waals surface area contributed by atoms with E-state index in [1.165, 1.54) is 21.5 Å². The molecule has 6 aromatic rings. The average Bonchev–Trinajstić information content (AvgIpc) is 3.65. The largest absolute Gasteiger partial charge is 0.293 e. The molecule has 6 rings (SSSR count). The number of thioether (sulfide) groups is 2. The van der Waals surface area contributed by atoms with Crippen molar-refractivity contribution in [1.82, 2.24) is 34.5 Å². The molecule has 0 radical (unpaired) electrons. The average molecular weight is 709 g/mol. The molecule has 0 bridgehead atoms. The molecule has 5 heterocycles. The lowest BCUT2D eigenvalue weighted by atomic mass is 10.2. The van der Waals surface area contributed by atoms with E-state index in [2.05, 4.69) is 41.1 Å². The number of hydrogen-bond acceptors (Lipinski definition) is 7. The zero-order chi connectivity index (χ0) is 32.0. The molecule has 0 aliphatic rings. The van der Waals surface area contributed by atoms with Crippen LogP contribution in [-0.4, -0.2) is 34.5 Å². The zero-order valence-corrected chi connectivity index (χ0v) is 27.8. The van der Waals surface area contributed by atoms with Crippen molar-refractivity contribution in [1.29, 1.82) is 0 Å². The van der Waals surface area contributed by atoms with Gasteiger partial charge in [0.1, 0.15) is 5.82 Å². The maximum absolute atomic E-state index is 12.8. The Kier molecular flexibility index (Phi) is 13.0. The number of rotatable bonds is 9. The van der Waals surface area contributed by atoms with Crippen molar-refractivity contribution in [2.75, 3.05) is 0 Å². The normalized spacial score (nSPS) is 10.4. The van der Waals surface area contributed by atoms with Crippen LogP contribution < -0.4 is 11.1 Å². The van der Waals surface area contributed by atoms with Crippen LogP contribution in [0, 0.1) is 5.82 Å². The monoisotopic (exact) mass is 707 g/mol. The standard InChI is InChI=1S/C16H14FN3OS.C14H11BrN4OS.C2H6/c17-13-6-4-12(5-7-13)10-22-11-14-9-16(21)20(19-14)15-3-1-2-8-18-15;15-10-4-5-13(17-8-10)21-9-11-7-14(20)19(18-11)12-3-1-2-6-16-12;1-2/h1-9,19H,10-11H2;1-8,18H,9H2;1-2H3. The quantitative estimate of drug-likeness (QED) is 0.153. The fourth-order valence-electron chi connectivity index (χ4n) is 3.81. The predicted molar refractivity (Wildman–Crippen MR) is 183 cm³/mol.